The van der Waals surface area contributed by atoms with Crippen molar-refractivity contribution in [2.45, 2.75) is 0 Å². The van der Waals surface area contributed by atoms with Crippen LogP contribution >= 0.6 is 0 Å². The largest absolute Gasteiger partial charge is 0.497 e. The van der Waals surface area contributed by atoms with Gasteiger partial charge in [0, 0.05) is 11.6 Å². The maximum atomic E-state index is 14.3. The van der Waals surface area contributed by atoms with E-state index < -0.39 is 5.82 Å². The second-order valence-electron chi connectivity index (χ2n) is 5.53. The summed E-state index contributed by atoms with van der Waals surface area (Å²) in [5, 5.41) is 3.42. The van der Waals surface area contributed by atoms with Crippen LogP contribution in [-0.4, -0.2) is 21.9 Å². The monoisotopic (exact) mass is 335 g/mol. The molecule has 0 fully saturated rings. The highest BCUT2D eigenvalue weighted by molar-refractivity contribution is 5.78. The number of pyridine rings is 1. The average Bonchev–Trinajstić information content (AvgIpc) is 2.98. The molecule has 0 saturated carbocycles. The highest BCUT2D eigenvalue weighted by atomic mass is 19.1. The van der Waals surface area contributed by atoms with Gasteiger partial charge in [0.15, 0.2) is 5.65 Å². The second kappa shape index (κ2) is 5.90. The Hall–Kier alpha value is -3.41. The van der Waals surface area contributed by atoms with E-state index in [1.165, 1.54) is 17.9 Å². The number of nitrogens with one attached hydrogen (secondary N) is 1. The molecule has 124 valence electrons. The minimum atomic E-state index is -0.434. The molecule has 6 heteroatoms. The predicted octanol–water partition coefficient (Wildman–Crippen LogP) is 3.53. The highest BCUT2D eigenvalue weighted by Gasteiger charge is 2.13. The number of aromatic amines is 1. The first-order valence-corrected chi connectivity index (χ1v) is 7.68. The number of hydrogen-bond donors (Lipinski definition) is 1. The quantitative estimate of drug-likeness (QED) is 0.623. The molecule has 4 aromatic rings. The third kappa shape index (κ3) is 2.57. The van der Waals surface area contributed by atoms with Crippen molar-refractivity contribution in [2.75, 3.05) is 7.11 Å². The molecule has 0 saturated heterocycles. The zero-order chi connectivity index (χ0) is 17.4. The Bertz CT molecular complexity index is 1120. The van der Waals surface area contributed by atoms with Gasteiger partial charge in [-0.1, -0.05) is 18.2 Å². The lowest BCUT2D eigenvalue weighted by molar-refractivity contribution is 0.411. The van der Waals surface area contributed by atoms with Crippen LogP contribution in [0.2, 0.25) is 0 Å². The predicted molar refractivity (Wildman–Crippen MR) is 93.6 cm³/mol. The van der Waals surface area contributed by atoms with Crippen LogP contribution in [0.3, 0.4) is 0 Å². The standard InChI is InChI=1S/C19H14FN3O2/c1-25-13-7-8-14(16(20)11-13)17-10-9-15-18(21-17)22-23(19(15)24)12-5-3-2-4-6-12/h2-11H,1H3,(H,21,22). The molecule has 25 heavy (non-hydrogen) atoms. The number of fused-ring (bicyclic) bond motifs is 1. The molecular formula is C19H14FN3O2. The zero-order valence-corrected chi connectivity index (χ0v) is 13.4. The lowest BCUT2D eigenvalue weighted by atomic mass is 10.1. The Balaban J connectivity index is 1.85. The highest BCUT2D eigenvalue weighted by Crippen LogP contribution is 2.25. The molecule has 0 amide bonds. The smallest absolute Gasteiger partial charge is 0.280 e. The Morgan fingerprint density at radius 3 is 2.60 bits per heavy atom. The van der Waals surface area contributed by atoms with E-state index in [0.29, 0.717) is 33.7 Å². The van der Waals surface area contributed by atoms with Crippen LogP contribution in [0.4, 0.5) is 4.39 Å². The number of methoxy groups -OCH3 is 1. The third-order valence-electron chi connectivity index (χ3n) is 4.01. The normalized spacial score (nSPS) is 11.0. The van der Waals surface area contributed by atoms with Gasteiger partial charge in [0.1, 0.15) is 11.6 Å². The molecule has 2 aromatic heterocycles. The van der Waals surface area contributed by atoms with Gasteiger partial charge in [-0.25, -0.2) is 14.1 Å². The molecule has 0 spiro atoms. The van der Waals surface area contributed by atoms with Crippen molar-refractivity contribution in [3.63, 3.8) is 0 Å². The molecule has 0 radical (unpaired) electrons. The van der Waals surface area contributed by atoms with E-state index in [-0.39, 0.29) is 5.56 Å². The minimum absolute atomic E-state index is 0.199. The first-order chi connectivity index (χ1) is 12.2. The molecule has 0 aliphatic rings. The van der Waals surface area contributed by atoms with E-state index >= 15 is 0 Å². The summed E-state index contributed by atoms with van der Waals surface area (Å²) in [5.74, 6) is 0.00186. The van der Waals surface area contributed by atoms with Crippen molar-refractivity contribution in [1.29, 1.82) is 0 Å². The van der Waals surface area contributed by atoms with Crippen LogP contribution < -0.4 is 10.3 Å². The van der Waals surface area contributed by atoms with Gasteiger partial charge in [0.2, 0.25) is 0 Å². The van der Waals surface area contributed by atoms with Crippen LogP contribution in [0.15, 0.2) is 65.5 Å². The fourth-order valence-corrected chi connectivity index (χ4v) is 2.73. The van der Waals surface area contributed by atoms with Crippen molar-refractivity contribution in [1.82, 2.24) is 14.8 Å². The van der Waals surface area contributed by atoms with E-state index in [4.69, 9.17) is 4.74 Å². The second-order valence-corrected chi connectivity index (χ2v) is 5.53. The zero-order valence-electron chi connectivity index (χ0n) is 13.4. The van der Waals surface area contributed by atoms with Crippen molar-refractivity contribution >= 4 is 11.0 Å². The SMILES string of the molecule is COc1ccc(-c2ccc3c(=O)n(-c4ccccc4)[nH]c3n2)c(F)c1. The molecule has 2 heterocycles. The van der Waals surface area contributed by atoms with Crippen LogP contribution in [-0.2, 0) is 0 Å². The summed E-state index contributed by atoms with van der Waals surface area (Å²) in [7, 11) is 1.48. The topological polar surface area (TPSA) is 59.9 Å². The molecule has 0 unspecified atom stereocenters. The molecule has 0 aliphatic carbocycles. The Labute approximate surface area is 142 Å². The first-order valence-electron chi connectivity index (χ1n) is 7.68. The summed E-state index contributed by atoms with van der Waals surface area (Å²) in [4.78, 5) is 16.9. The number of ether oxygens (including phenoxy) is 1. The maximum Gasteiger partial charge on any atom is 0.280 e. The van der Waals surface area contributed by atoms with E-state index in [2.05, 4.69) is 10.1 Å². The van der Waals surface area contributed by atoms with E-state index in [1.807, 2.05) is 30.3 Å². The first kappa shape index (κ1) is 15.1. The molecule has 5 nitrogen and oxygen atoms in total. The van der Waals surface area contributed by atoms with Gasteiger partial charge in [-0.3, -0.25) is 9.89 Å². The number of hydrogen-bond acceptors (Lipinski definition) is 3. The van der Waals surface area contributed by atoms with Gasteiger partial charge < -0.3 is 4.74 Å². The molecule has 2 aromatic carbocycles. The number of H-pyrrole nitrogens is 1. The molecule has 1 N–H and O–H groups in total. The van der Waals surface area contributed by atoms with Crippen molar-refractivity contribution < 1.29 is 9.13 Å². The van der Waals surface area contributed by atoms with Crippen LogP contribution in [0.5, 0.6) is 5.75 Å². The number of aromatic nitrogens is 3. The van der Waals surface area contributed by atoms with Crippen LogP contribution in [0.25, 0.3) is 28.0 Å². The molecule has 0 bridgehead atoms. The molecule has 4 rings (SSSR count). The molecule has 0 atom stereocenters. The number of halogens is 1. The van der Waals surface area contributed by atoms with Crippen LogP contribution in [0, 0.1) is 5.82 Å². The minimum Gasteiger partial charge on any atom is -0.497 e. The fourth-order valence-electron chi connectivity index (χ4n) is 2.73. The van der Waals surface area contributed by atoms with Gasteiger partial charge in [-0.2, -0.15) is 0 Å². The number of benzene rings is 2. The summed E-state index contributed by atoms with van der Waals surface area (Å²) in [6.07, 6.45) is 0. The molecular weight excluding hydrogens is 321 g/mol. The van der Waals surface area contributed by atoms with Gasteiger partial charge in [-0.15, -0.1) is 0 Å². The molecule has 0 aliphatic heterocycles. The summed E-state index contributed by atoms with van der Waals surface area (Å²) in [5.41, 5.74) is 1.70. The van der Waals surface area contributed by atoms with Gasteiger partial charge >= 0.3 is 0 Å². The Kier molecular flexibility index (Phi) is 3.57. The summed E-state index contributed by atoms with van der Waals surface area (Å²) in [6.45, 7) is 0. The average molecular weight is 335 g/mol. The lowest BCUT2D eigenvalue weighted by Crippen LogP contribution is -2.13. The third-order valence-corrected chi connectivity index (χ3v) is 4.01. The van der Waals surface area contributed by atoms with Gasteiger partial charge in [-0.05, 0) is 36.4 Å². The lowest BCUT2D eigenvalue weighted by Gasteiger charge is -2.05. The summed E-state index contributed by atoms with van der Waals surface area (Å²) in [6, 6.07) is 17.1. The Morgan fingerprint density at radius 2 is 1.88 bits per heavy atom. The fraction of sp³-hybridized carbons (Fsp3) is 0.0526. The maximum absolute atomic E-state index is 14.3. The van der Waals surface area contributed by atoms with Gasteiger partial charge in [0.25, 0.3) is 5.56 Å². The number of para-hydroxylation sites is 1. The number of nitrogens with zero attached hydrogens (tertiary/aromatic N) is 2. The van der Waals surface area contributed by atoms with E-state index in [1.54, 1.807) is 24.3 Å². The number of rotatable bonds is 3. The van der Waals surface area contributed by atoms with E-state index in [9.17, 15) is 9.18 Å². The van der Waals surface area contributed by atoms with Crippen molar-refractivity contribution in [2.24, 2.45) is 0 Å². The van der Waals surface area contributed by atoms with Gasteiger partial charge in [0.05, 0.1) is 23.9 Å². The van der Waals surface area contributed by atoms with Crippen LogP contribution in [0.1, 0.15) is 0 Å². The van der Waals surface area contributed by atoms with E-state index in [0.717, 1.165) is 0 Å². The summed E-state index contributed by atoms with van der Waals surface area (Å²) < 4.78 is 20.7. The summed E-state index contributed by atoms with van der Waals surface area (Å²) >= 11 is 0. The Morgan fingerprint density at radius 1 is 1.08 bits per heavy atom. The van der Waals surface area contributed by atoms with Crippen molar-refractivity contribution in [3.05, 3.63) is 76.8 Å². The van der Waals surface area contributed by atoms with Crippen molar-refractivity contribution in [3.8, 4) is 22.7 Å².